The van der Waals surface area contributed by atoms with Gasteiger partial charge in [0, 0.05) is 22.3 Å². The van der Waals surface area contributed by atoms with Gasteiger partial charge in [-0.1, -0.05) is 119 Å². The van der Waals surface area contributed by atoms with E-state index in [4.69, 9.17) is 9.05 Å². The van der Waals surface area contributed by atoms with Gasteiger partial charge >= 0.3 is 7.82 Å². The number of aryl methyl sites for hydroxylation is 12. The van der Waals surface area contributed by atoms with Gasteiger partial charge in [-0.25, -0.2) is 4.57 Å². The lowest BCUT2D eigenvalue weighted by atomic mass is 9.83. The lowest BCUT2D eigenvalue weighted by Crippen LogP contribution is -2.00. The molecule has 1 N–H and O–H groups in total. The molecule has 0 spiro atoms. The van der Waals surface area contributed by atoms with Gasteiger partial charge in [0.2, 0.25) is 0 Å². The first kappa shape index (κ1) is 47.8. The molecule has 1 aliphatic rings. The fourth-order valence-corrected chi connectivity index (χ4v) is 13.6. The van der Waals surface area contributed by atoms with Crippen LogP contribution in [0.1, 0.15) is 66.8 Å². The van der Waals surface area contributed by atoms with Crippen LogP contribution in [0.2, 0.25) is 0 Å². The van der Waals surface area contributed by atoms with Gasteiger partial charge in [0.15, 0.2) is 0 Å². The average molecular weight is 973 g/mol. The maximum absolute atomic E-state index is 15.2. The summed E-state index contributed by atoms with van der Waals surface area (Å²) in [4.78, 5) is 12.4. The zero-order chi connectivity index (χ0) is 51.4. The Labute approximate surface area is 430 Å². The Morgan fingerprint density at radius 3 is 0.836 bits per heavy atom. The minimum atomic E-state index is -4.91. The van der Waals surface area contributed by atoms with Crippen LogP contribution in [0.15, 0.2) is 146 Å². The highest BCUT2D eigenvalue weighted by Gasteiger charge is 2.38. The van der Waals surface area contributed by atoms with Crippen LogP contribution >= 0.6 is 7.82 Å². The van der Waals surface area contributed by atoms with Gasteiger partial charge < -0.3 is 9.05 Å². The van der Waals surface area contributed by atoms with Gasteiger partial charge in [0.1, 0.15) is 11.5 Å². The highest BCUT2D eigenvalue weighted by molar-refractivity contribution is 7.48. The number of fused-ring (bicyclic) bond motifs is 7. The molecule has 0 aliphatic carbocycles. The van der Waals surface area contributed by atoms with E-state index in [0.29, 0.717) is 33.8 Å². The minimum absolute atomic E-state index is 0.301. The maximum Gasteiger partial charge on any atom is 0.584 e. The molecule has 0 aromatic heterocycles. The molecule has 1 aliphatic heterocycles. The second-order valence-electron chi connectivity index (χ2n) is 21.0. The summed E-state index contributed by atoms with van der Waals surface area (Å²) in [6.07, 6.45) is 0. The monoisotopic (exact) mass is 972 g/mol. The number of hydrogen-bond acceptors (Lipinski definition) is 3. The van der Waals surface area contributed by atoms with E-state index in [0.717, 1.165) is 77.2 Å². The molecule has 10 aromatic carbocycles. The third-order valence-electron chi connectivity index (χ3n) is 15.0. The summed E-state index contributed by atoms with van der Waals surface area (Å²) >= 11 is 0. The molecule has 0 radical (unpaired) electrons. The molecule has 0 saturated carbocycles. The number of benzene rings is 10. The Balaban J connectivity index is 1.26. The lowest BCUT2D eigenvalue weighted by Gasteiger charge is -2.21. The molecule has 73 heavy (non-hydrogen) atoms. The molecule has 0 unspecified atom stereocenters. The van der Waals surface area contributed by atoms with Crippen LogP contribution in [0.4, 0.5) is 0 Å². The van der Waals surface area contributed by atoms with Crippen molar-refractivity contribution in [3.05, 3.63) is 212 Å². The zero-order valence-corrected chi connectivity index (χ0v) is 44.9. The summed E-state index contributed by atoms with van der Waals surface area (Å²) < 4.78 is 28.4. The van der Waals surface area contributed by atoms with E-state index >= 15 is 4.57 Å². The van der Waals surface area contributed by atoms with Crippen LogP contribution in [0, 0.1) is 83.1 Å². The molecular formula is C68H61O4P. The van der Waals surface area contributed by atoms with E-state index in [-0.39, 0.29) is 0 Å². The van der Waals surface area contributed by atoms with Crippen molar-refractivity contribution in [2.75, 3.05) is 0 Å². The van der Waals surface area contributed by atoms with Crippen molar-refractivity contribution in [1.82, 2.24) is 0 Å². The van der Waals surface area contributed by atoms with Crippen molar-refractivity contribution in [3.63, 3.8) is 0 Å². The van der Waals surface area contributed by atoms with Crippen molar-refractivity contribution in [2.45, 2.75) is 83.1 Å². The number of phosphoric ester groups is 1. The van der Waals surface area contributed by atoms with Crippen LogP contribution in [0.25, 0.3) is 99.4 Å². The van der Waals surface area contributed by atoms with E-state index in [9.17, 15) is 4.89 Å². The average Bonchev–Trinajstić information content (AvgIpc) is 3.43. The molecule has 0 atom stereocenters. The first-order valence-corrected chi connectivity index (χ1v) is 26.8. The highest BCUT2D eigenvalue weighted by Crippen LogP contribution is 2.62. The molecule has 0 saturated heterocycles. The Hall–Kier alpha value is -7.49. The number of hydrogen-bond donors (Lipinski definition) is 1. The lowest BCUT2D eigenvalue weighted by molar-refractivity contribution is 0.295. The molecule has 0 bridgehead atoms. The van der Waals surface area contributed by atoms with Crippen LogP contribution < -0.4 is 9.05 Å². The normalized spacial score (nSPS) is 12.8. The molecule has 10 aromatic rings. The van der Waals surface area contributed by atoms with E-state index in [1.54, 1.807) is 0 Å². The summed E-state index contributed by atoms with van der Waals surface area (Å²) in [6, 6.07) is 52.2. The third kappa shape index (κ3) is 8.47. The fraction of sp³-hybridized carbons (Fsp3) is 0.176. The summed E-state index contributed by atoms with van der Waals surface area (Å²) in [5.74, 6) is 0.601. The number of rotatable bonds is 6. The summed E-state index contributed by atoms with van der Waals surface area (Å²) in [5, 5.41) is 3.70. The Morgan fingerprint density at radius 2 is 0.562 bits per heavy atom. The van der Waals surface area contributed by atoms with E-state index < -0.39 is 7.82 Å². The smallest absolute Gasteiger partial charge is 0.394 e. The summed E-state index contributed by atoms with van der Waals surface area (Å²) in [5.41, 5.74) is 27.7. The van der Waals surface area contributed by atoms with Crippen LogP contribution in [0.5, 0.6) is 11.5 Å². The van der Waals surface area contributed by atoms with Crippen LogP contribution in [-0.4, -0.2) is 4.89 Å². The topological polar surface area (TPSA) is 55.8 Å². The summed E-state index contributed by atoms with van der Waals surface area (Å²) in [7, 11) is -4.91. The summed E-state index contributed by atoms with van der Waals surface area (Å²) in [6.45, 7) is 26.0. The fourth-order valence-electron chi connectivity index (χ4n) is 12.7. The maximum atomic E-state index is 15.2. The quantitative estimate of drug-likeness (QED) is 0.169. The molecule has 4 nitrogen and oxygen atoms in total. The van der Waals surface area contributed by atoms with Crippen LogP contribution in [0.3, 0.4) is 0 Å². The molecule has 5 heteroatoms. The second kappa shape index (κ2) is 17.9. The van der Waals surface area contributed by atoms with Crippen molar-refractivity contribution in [3.8, 4) is 89.4 Å². The van der Waals surface area contributed by atoms with E-state index in [2.05, 4.69) is 217 Å². The first-order valence-electron chi connectivity index (χ1n) is 25.3. The Bertz CT molecular complexity index is 3540. The molecule has 0 fully saturated rings. The van der Waals surface area contributed by atoms with E-state index in [1.807, 2.05) is 12.1 Å². The predicted molar refractivity (Wildman–Crippen MR) is 307 cm³/mol. The van der Waals surface area contributed by atoms with Crippen molar-refractivity contribution in [1.29, 1.82) is 0 Å². The van der Waals surface area contributed by atoms with Gasteiger partial charge in [0.25, 0.3) is 0 Å². The molecule has 11 rings (SSSR count). The highest BCUT2D eigenvalue weighted by atomic mass is 31.2. The van der Waals surface area contributed by atoms with Crippen molar-refractivity contribution >= 4 is 29.4 Å². The molecule has 1 heterocycles. The van der Waals surface area contributed by atoms with Gasteiger partial charge in [-0.05, 0) is 253 Å². The Morgan fingerprint density at radius 1 is 0.315 bits per heavy atom. The van der Waals surface area contributed by atoms with Crippen molar-refractivity contribution in [2.24, 2.45) is 0 Å². The standard InChI is InChI=1S/C68H61O4P/c1-37-21-41(5)61(42(6)22-37)53-29-51(30-54(33-53)62-43(7)23-38(2)24-44(62)8)59-35-49-17-13-15-19-57(49)65-66-58-20-16-14-18-50(58)36-60(68(66)72-73(69,70)71-67(59)65)52-31-55(63-45(9)25-39(3)26-46(63)10)34-56(32-52)64-47(11)27-40(4)28-48(64)12/h13-36H,1-12H3,(H,69,70). The van der Waals surface area contributed by atoms with E-state index in [1.165, 1.54) is 66.8 Å². The third-order valence-corrected chi connectivity index (χ3v) is 15.8. The Kier molecular flexibility index (Phi) is 11.7. The molecular weight excluding hydrogens is 912 g/mol. The van der Waals surface area contributed by atoms with Crippen LogP contribution in [-0.2, 0) is 4.57 Å². The SMILES string of the molecule is Cc1cc(C)c(-c2cc(-c3cc4ccccc4c4c3OP(=O)(O)Oc3c(-c5cc(-c6c(C)cc(C)cc6C)cc(-c6c(C)cc(C)cc6C)c5)cc5ccccc5c3-4)cc(-c3c(C)cc(C)cc3C)c2)c(C)c1. The molecule has 0 amide bonds. The van der Waals surface area contributed by atoms with Gasteiger partial charge in [-0.3, -0.25) is 4.89 Å². The van der Waals surface area contributed by atoms with Gasteiger partial charge in [-0.2, -0.15) is 0 Å². The van der Waals surface area contributed by atoms with Crippen molar-refractivity contribution < 1.29 is 18.5 Å². The number of phosphoric acid groups is 1. The van der Waals surface area contributed by atoms with Gasteiger partial charge in [0.05, 0.1) is 0 Å². The first-order chi connectivity index (χ1) is 34.8. The predicted octanol–water partition coefficient (Wildman–Crippen LogP) is 19.2. The minimum Gasteiger partial charge on any atom is -0.394 e. The zero-order valence-electron chi connectivity index (χ0n) is 44.0. The second-order valence-corrected chi connectivity index (χ2v) is 22.3. The van der Waals surface area contributed by atoms with Gasteiger partial charge in [-0.15, -0.1) is 0 Å². The largest absolute Gasteiger partial charge is 0.584 e. The molecule has 362 valence electrons.